The standard InChI is InChI=1S/C50H30O/c1-3-15-34-31(12-1)14-11-23-36(34)39-27-28-44(38-18-6-5-17-37(38)39)49-42-21-9-7-19-40(42)48(41-20-8-10-22-43(41)49)33-25-29-47-46(30-33)45-26-24-32-13-2-4-16-35(32)50(45)51-47/h1-30H/i7D,8D,9D,10D,19D,20D,21D,22D. The largest absolute Gasteiger partial charge is 0.455 e. The molecule has 0 atom stereocenters. The van der Waals surface area contributed by atoms with Gasteiger partial charge in [-0.25, -0.2) is 0 Å². The maximum Gasteiger partial charge on any atom is 0.143 e. The van der Waals surface area contributed by atoms with Gasteiger partial charge < -0.3 is 4.42 Å². The lowest BCUT2D eigenvalue weighted by Crippen LogP contribution is -1.92. The van der Waals surface area contributed by atoms with Crippen LogP contribution in [0.4, 0.5) is 0 Å². The molecule has 0 N–H and O–H groups in total. The van der Waals surface area contributed by atoms with Crippen molar-refractivity contribution in [1.82, 2.24) is 0 Å². The Morgan fingerprint density at radius 2 is 0.902 bits per heavy atom. The Bertz CT molecular complexity index is 3580. The molecule has 0 saturated carbocycles. The molecule has 0 spiro atoms. The molecular weight excluding hydrogens is 617 g/mol. The van der Waals surface area contributed by atoms with Crippen LogP contribution in [0.3, 0.4) is 0 Å². The van der Waals surface area contributed by atoms with Crippen molar-refractivity contribution in [3.63, 3.8) is 0 Å². The van der Waals surface area contributed by atoms with E-state index in [0.717, 1.165) is 54.2 Å². The van der Waals surface area contributed by atoms with Crippen molar-refractivity contribution in [3.05, 3.63) is 182 Å². The normalized spacial score (nSPS) is 14.1. The van der Waals surface area contributed by atoms with E-state index in [9.17, 15) is 5.48 Å². The fourth-order valence-electron chi connectivity index (χ4n) is 8.06. The van der Waals surface area contributed by atoms with E-state index in [1.54, 1.807) is 6.07 Å². The molecule has 0 aliphatic heterocycles. The van der Waals surface area contributed by atoms with Gasteiger partial charge in [0.1, 0.15) is 11.2 Å². The summed E-state index contributed by atoms with van der Waals surface area (Å²) in [6.45, 7) is 0. The SMILES string of the molecule is [2H]c1c([2H])c([2H])c2c(-c3ccc(-c4cccc5ccccc45)c4ccccc34)c3c([2H])c([2H])c([2H])c([2H])c3c(-c3ccc4oc5c6ccccc6ccc5c4c3)c2c1[2H]. The summed E-state index contributed by atoms with van der Waals surface area (Å²) in [5.74, 6) is 0. The van der Waals surface area contributed by atoms with Gasteiger partial charge in [-0.1, -0.05) is 164 Å². The number of benzene rings is 10. The molecule has 0 fully saturated rings. The molecule has 11 aromatic rings. The van der Waals surface area contributed by atoms with Crippen LogP contribution in [-0.4, -0.2) is 0 Å². The zero-order chi connectivity index (χ0) is 40.4. The number of furan rings is 1. The van der Waals surface area contributed by atoms with Crippen LogP contribution >= 0.6 is 0 Å². The van der Waals surface area contributed by atoms with E-state index in [4.69, 9.17) is 9.90 Å². The van der Waals surface area contributed by atoms with E-state index >= 15 is 0 Å². The van der Waals surface area contributed by atoms with Crippen molar-refractivity contribution in [1.29, 1.82) is 0 Å². The molecule has 0 unspecified atom stereocenters. The minimum absolute atomic E-state index is 0.170. The van der Waals surface area contributed by atoms with E-state index < -0.39 is 24.2 Å². The molecule has 1 aromatic heterocycles. The highest BCUT2D eigenvalue weighted by molar-refractivity contribution is 6.25. The molecule has 0 bridgehead atoms. The van der Waals surface area contributed by atoms with Gasteiger partial charge in [0.25, 0.3) is 0 Å². The topological polar surface area (TPSA) is 13.1 Å². The molecule has 1 heteroatoms. The second-order valence-corrected chi connectivity index (χ2v) is 13.0. The third-order valence-corrected chi connectivity index (χ3v) is 10.3. The smallest absolute Gasteiger partial charge is 0.143 e. The van der Waals surface area contributed by atoms with Crippen LogP contribution in [0.1, 0.15) is 11.0 Å². The number of fused-ring (bicyclic) bond motifs is 9. The van der Waals surface area contributed by atoms with Crippen molar-refractivity contribution in [3.8, 4) is 33.4 Å². The highest BCUT2D eigenvalue weighted by atomic mass is 16.3. The molecule has 236 valence electrons. The summed E-state index contributed by atoms with van der Waals surface area (Å²) >= 11 is 0. The van der Waals surface area contributed by atoms with E-state index in [-0.39, 0.29) is 45.7 Å². The van der Waals surface area contributed by atoms with Gasteiger partial charge in [-0.05, 0) is 100 Å². The summed E-state index contributed by atoms with van der Waals surface area (Å²) in [7, 11) is 0. The van der Waals surface area contributed by atoms with Gasteiger partial charge in [-0.15, -0.1) is 0 Å². The van der Waals surface area contributed by atoms with Crippen molar-refractivity contribution in [2.24, 2.45) is 0 Å². The first-order valence-corrected chi connectivity index (χ1v) is 16.9. The summed E-state index contributed by atoms with van der Waals surface area (Å²) in [5.41, 5.74) is 5.05. The molecular formula is C50H30O. The van der Waals surface area contributed by atoms with Gasteiger partial charge >= 0.3 is 0 Å². The Labute approximate surface area is 305 Å². The van der Waals surface area contributed by atoms with Gasteiger partial charge in [-0.3, -0.25) is 0 Å². The van der Waals surface area contributed by atoms with Crippen LogP contribution in [0.5, 0.6) is 0 Å². The molecule has 0 amide bonds. The Morgan fingerprint density at radius 1 is 0.353 bits per heavy atom. The maximum atomic E-state index is 9.54. The number of hydrogen-bond donors (Lipinski definition) is 0. The summed E-state index contributed by atoms with van der Waals surface area (Å²) in [5, 5.41) is 8.11. The van der Waals surface area contributed by atoms with Crippen LogP contribution in [-0.2, 0) is 0 Å². The third-order valence-electron chi connectivity index (χ3n) is 10.3. The average molecular weight is 655 g/mol. The molecule has 0 saturated heterocycles. The Balaban J connectivity index is 1.32. The zero-order valence-corrected chi connectivity index (χ0v) is 27.1. The number of rotatable bonds is 3. The molecule has 0 aliphatic carbocycles. The van der Waals surface area contributed by atoms with E-state index in [2.05, 4.69) is 24.3 Å². The lowest BCUT2D eigenvalue weighted by atomic mass is 9.83. The molecule has 10 aromatic carbocycles. The van der Waals surface area contributed by atoms with Gasteiger partial charge in [0.2, 0.25) is 0 Å². The Kier molecular flexibility index (Phi) is 4.57. The van der Waals surface area contributed by atoms with Crippen molar-refractivity contribution in [2.75, 3.05) is 0 Å². The van der Waals surface area contributed by atoms with E-state index in [1.165, 1.54) is 0 Å². The molecule has 0 aliphatic rings. The number of hydrogen-bond acceptors (Lipinski definition) is 1. The maximum absolute atomic E-state index is 9.54. The van der Waals surface area contributed by atoms with Crippen LogP contribution in [0, 0.1) is 0 Å². The zero-order valence-electron chi connectivity index (χ0n) is 35.1. The fraction of sp³-hybridized carbons (Fsp3) is 0. The van der Waals surface area contributed by atoms with Gasteiger partial charge in [0.15, 0.2) is 0 Å². The van der Waals surface area contributed by atoms with Gasteiger partial charge in [-0.2, -0.15) is 0 Å². The van der Waals surface area contributed by atoms with Crippen LogP contribution < -0.4 is 0 Å². The Hall–Kier alpha value is -6.70. The molecule has 51 heavy (non-hydrogen) atoms. The minimum atomic E-state index is -0.438. The van der Waals surface area contributed by atoms with Crippen LogP contribution in [0.25, 0.3) is 109 Å². The minimum Gasteiger partial charge on any atom is -0.455 e. The molecule has 11 rings (SSSR count). The lowest BCUT2D eigenvalue weighted by Gasteiger charge is -2.20. The third kappa shape index (κ3) is 4.16. The van der Waals surface area contributed by atoms with Gasteiger partial charge in [0, 0.05) is 16.2 Å². The Morgan fingerprint density at radius 3 is 1.63 bits per heavy atom. The van der Waals surface area contributed by atoms with Crippen molar-refractivity contribution in [2.45, 2.75) is 0 Å². The summed E-state index contributed by atoms with van der Waals surface area (Å²) < 4.78 is 80.3. The first-order chi connectivity index (χ1) is 28.6. The fourth-order valence-corrected chi connectivity index (χ4v) is 8.06. The van der Waals surface area contributed by atoms with Crippen LogP contribution in [0.15, 0.2) is 186 Å². The summed E-state index contributed by atoms with van der Waals surface area (Å²) in [4.78, 5) is 0. The van der Waals surface area contributed by atoms with Gasteiger partial charge in [0.05, 0.1) is 11.0 Å². The molecule has 1 heterocycles. The monoisotopic (exact) mass is 654 g/mol. The summed E-state index contributed by atoms with van der Waals surface area (Å²) in [6, 6.07) is 40.7. The second-order valence-electron chi connectivity index (χ2n) is 13.0. The highest BCUT2D eigenvalue weighted by Gasteiger charge is 2.20. The first kappa shape index (κ1) is 21.4. The van der Waals surface area contributed by atoms with E-state index in [1.807, 2.05) is 103 Å². The van der Waals surface area contributed by atoms with Crippen molar-refractivity contribution >= 4 is 75.8 Å². The quantitative estimate of drug-likeness (QED) is 0.173. The first-order valence-electron chi connectivity index (χ1n) is 20.9. The predicted molar refractivity (Wildman–Crippen MR) is 218 cm³/mol. The van der Waals surface area contributed by atoms with E-state index in [0.29, 0.717) is 33.4 Å². The van der Waals surface area contributed by atoms with Crippen LogP contribution in [0.2, 0.25) is 0 Å². The molecule has 1 nitrogen and oxygen atoms in total. The predicted octanol–water partition coefficient (Wildman–Crippen LogP) is 14.4. The average Bonchev–Trinajstić information content (AvgIpc) is 3.66. The van der Waals surface area contributed by atoms with Crippen molar-refractivity contribution < 1.29 is 15.4 Å². The molecule has 0 radical (unpaired) electrons. The highest BCUT2D eigenvalue weighted by Crippen LogP contribution is 2.47. The summed E-state index contributed by atoms with van der Waals surface area (Å²) in [6.07, 6.45) is 0. The second kappa shape index (κ2) is 10.9. The lowest BCUT2D eigenvalue weighted by molar-refractivity contribution is 0.672.